The van der Waals surface area contributed by atoms with Gasteiger partial charge in [-0.15, -0.1) is 0 Å². The number of nitrogens with zero attached hydrogens (tertiary/aromatic N) is 4. The minimum Gasteiger partial charge on any atom is -0.359 e. The first kappa shape index (κ1) is 16.9. The van der Waals surface area contributed by atoms with E-state index in [1.54, 1.807) is 24.3 Å². The predicted octanol–water partition coefficient (Wildman–Crippen LogP) is 3.87. The molecule has 6 heteroatoms. The van der Waals surface area contributed by atoms with Gasteiger partial charge < -0.3 is 9.42 Å². The number of aromatic nitrogens is 3. The van der Waals surface area contributed by atoms with E-state index in [1.165, 1.54) is 0 Å². The molecule has 3 heterocycles. The van der Waals surface area contributed by atoms with Crippen molar-refractivity contribution in [2.45, 2.75) is 13.5 Å². The number of pyridine rings is 2. The molecular weight excluding hydrogens is 340 g/mol. The summed E-state index contributed by atoms with van der Waals surface area (Å²) in [6.45, 7) is 2.20. The third kappa shape index (κ3) is 3.42. The molecule has 0 aliphatic rings. The third-order valence-electron chi connectivity index (χ3n) is 4.34. The molecule has 0 unspecified atom stereocenters. The van der Waals surface area contributed by atoms with E-state index in [2.05, 4.69) is 10.1 Å². The third-order valence-corrected chi connectivity index (χ3v) is 4.34. The second kappa shape index (κ2) is 6.99. The molecule has 0 bridgehead atoms. The van der Waals surface area contributed by atoms with Crippen LogP contribution in [0, 0.1) is 6.92 Å². The predicted molar refractivity (Wildman–Crippen MR) is 102 cm³/mol. The van der Waals surface area contributed by atoms with Crippen LogP contribution in [-0.2, 0) is 6.54 Å². The smallest absolute Gasteiger partial charge is 0.254 e. The molecule has 0 N–H and O–H groups in total. The highest BCUT2D eigenvalue weighted by atomic mass is 16.5. The van der Waals surface area contributed by atoms with Gasteiger partial charge in [-0.1, -0.05) is 23.4 Å². The lowest BCUT2D eigenvalue weighted by atomic mass is 10.0. The maximum absolute atomic E-state index is 13.2. The van der Waals surface area contributed by atoms with Crippen LogP contribution in [0.3, 0.4) is 0 Å². The highest BCUT2D eigenvalue weighted by Crippen LogP contribution is 2.25. The van der Waals surface area contributed by atoms with Gasteiger partial charge in [0.2, 0.25) is 0 Å². The van der Waals surface area contributed by atoms with E-state index >= 15 is 0 Å². The highest BCUT2D eigenvalue weighted by molar-refractivity contribution is 6.07. The van der Waals surface area contributed by atoms with Crippen molar-refractivity contribution < 1.29 is 9.32 Å². The van der Waals surface area contributed by atoms with Crippen molar-refractivity contribution in [2.24, 2.45) is 0 Å². The Labute approximate surface area is 156 Å². The van der Waals surface area contributed by atoms with E-state index < -0.39 is 0 Å². The van der Waals surface area contributed by atoms with Crippen LogP contribution in [0.2, 0.25) is 0 Å². The van der Waals surface area contributed by atoms with Gasteiger partial charge in [0, 0.05) is 36.5 Å². The summed E-state index contributed by atoms with van der Waals surface area (Å²) in [5, 5.41) is 4.70. The van der Waals surface area contributed by atoms with Gasteiger partial charge in [0.1, 0.15) is 0 Å². The molecule has 0 fully saturated rings. The summed E-state index contributed by atoms with van der Waals surface area (Å²) < 4.78 is 5.24. The van der Waals surface area contributed by atoms with E-state index in [-0.39, 0.29) is 5.91 Å². The monoisotopic (exact) mass is 358 g/mol. The number of amides is 1. The van der Waals surface area contributed by atoms with Gasteiger partial charge in [-0.3, -0.25) is 9.78 Å². The summed E-state index contributed by atoms with van der Waals surface area (Å²) in [6.07, 6.45) is 3.43. The zero-order chi connectivity index (χ0) is 18.8. The summed E-state index contributed by atoms with van der Waals surface area (Å²) >= 11 is 0. The Morgan fingerprint density at radius 1 is 1.11 bits per heavy atom. The van der Waals surface area contributed by atoms with Crippen LogP contribution in [0.15, 0.2) is 65.4 Å². The van der Waals surface area contributed by atoms with E-state index in [4.69, 9.17) is 9.51 Å². The number of para-hydroxylation sites is 1. The largest absolute Gasteiger partial charge is 0.359 e. The van der Waals surface area contributed by atoms with Crippen molar-refractivity contribution in [3.05, 3.63) is 77.9 Å². The van der Waals surface area contributed by atoms with Crippen LogP contribution in [0.4, 0.5) is 0 Å². The first-order valence-corrected chi connectivity index (χ1v) is 8.59. The molecule has 1 amide bonds. The molecule has 4 rings (SSSR count). The van der Waals surface area contributed by atoms with E-state index in [1.807, 2.05) is 55.5 Å². The van der Waals surface area contributed by atoms with Crippen LogP contribution >= 0.6 is 0 Å². The Morgan fingerprint density at radius 2 is 1.89 bits per heavy atom. The van der Waals surface area contributed by atoms with Crippen molar-refractivity contribution in [3.63, 3.8) is 0 Å². The Hall–Kier alpha value is -3.54. The average molecular weight is 358 g/mol. The van der Waals surface area contributed by atoms with E-state index in [9.17, 15) is 4.79 Å². The molecule has 27 heavy (non-hydrogen) atoms. The van der Waals surface area contributed by atoms with Gasteiger partial charge in [-0.05, 0) is 31.2 Å². The second-order valence-electron chi connectivity index (χ2n) is 6.40. The highest BCUT2D eigenvalue weighted by Gasteiger charge is 2.18. The lowest BCUT2D eigenvalue weighted by molar-refractivity contribution is 0.0774. The zero-order valence-electron chi connectivity index (χ0n) is 15.1. The van der Waals surface area contributed by atoms with Gasteiger partial charge in [-0.2, -0.15) is 0 Å². The van der Waals surface area contributed by atoms with Crippen LogP contribution in [0.5, 0.6) is 0 Å². The molecule has 0 saturated heterocycles. The standard InChI is InChI=1S/C21H18N4O2/c1-14-11-16(27-24-14)13-25(2)21(26)18-12-20(15-7-9-22-10-8-15)23-19-6-4-3-5-17(18)19/h3-12H,13H2,1-2H3. The quantitative estimate of drug-likeness (QED) is 0.554. The first-order chi connectivity index (χ1) is 13.1. The van der Waals surface area contributed by atoms with Gasteiger partial charge in [0.25, 0.3) is 5.91 Å². The molecule has 134 valence electrons. The minimum absolute atomic E-state index is 0.0991. The van der Waals surface area contributed by atoms with Crippen molar-refractivity contribution in [1.82, 2.24) is 20.0 Å². The van der Waals surface area contributed by atoms with Crippen molar-refractivity contribution >= 4 is 16.8 Å². The lowest BCUT2D eigenvalue weighted by Crippen LogP contribution is -2.26. The summed E-state index contributed by atoms with van der Waals surface area (Å²) in [5.74, 6) is 0.550. The van der Waals surface area contributed by atoms with Crippen LogP contribution in [-0.4, -0.2) is 33.0 Å². The second-order valence-corrected chi connectivity index (χ2v) is 6.40. The molecule has 0 spiro atoms. The molecule has 3 aromatic heterocycles. The number of fused-ring (bicyclic) bond motifs is 1. The molecule has 0 atom stereocenters. The number of rotatable bonds is 4. The van der Waals surface area contributed by atoms with Crippen LogP contribution in [0.25, 0.3) is 22.2 Å². The number of aryl methyl sites for hydroxylation is 1. The molecule has 6 nitrogen and oxygen atoms in total. The Balaban J connectivity index is 1.76. The maximum atomic E-state index is 13.2. The zero-order valence-corrected chi connectivity index (χ0v) is 15.1. The molecular formula is C21H18N4O2. The normalized spacial score (nSPS) is 10.9. The van der Waals surface area contributed by atoms with Gasteiger partial charge in [0.05, 0.1) is 29.0 Å². The molecule has 1 aromatic carbocycles. The topological polar surface area (TPSA) is 72.1 Å². The number of carbonyl (C=O) groups is 1. The number of carbonyl (C=O) groups excluding carboxylic acids is 1. The van der Waals surface area contributed by atoms with Gasteiger partial charge in [0.15, 0.2) is 5.76 Å². The summed E-state index contributed by atoms with van der Waals surface area (Å²) in [6, 6.07) is 15.1. The molecule has 0 aliphatic heterocycles. The summed E-state index contributed by atoms with van der Waals surface area (Å²) in [4.78, 5) is 23.6. The van der Waals surface area contributed by atoms with Crippen molar-refractivity contribution in [2.75, 3.05) is 7.05 Å². The number of hydrogen-bond donors (Lipinski definition) is 0. The Morgan fingerprint density at radius 3 is 2.63 bits per heavy atom. The Bertz CT molecular complexity index is 1110. The fourth-order valence-corrected chi connectivity index (χ4v) is 3.02. The minimum atomic E-state index is -0.0991. The number of hydrogen-bond acceptors (Lipinski definition) is 5. The van der Waals surface area contributed by atoms with Crippen LogP contribution in [0.1, 0.15) is 21.8 Å². The Kier molecular flexibility index (Phi) is 4.38. The average Bonchev–Trinajstić information content (AvgIpc) is 3.11. The molecule has 4 aromatic rings. The summed E-state index contributed by atoms with van der Waals surface area (Å²) in [5.41, 5.74) is 3.83. The van der Waals surface area contributed by atoms with Crippen molar-refractivity contribution in [3.8, 4) is 11.3 Å². The molecule has 0 aliphatic carbocycles. The fraction of sp³-hybridized carbons (Fsp3) is 0.143. The molecule has 0 saturated carbocycles. The SMILES string of the molecule is Cc1cc(CN(C)C(=O)c2cc(-c3ccncc3)nc3ccccc23)on1. The van der Waals surface area contributed by atoms with Crippen molar-refractivity contribution in [1.29, 1.82) is 0 Å². The molecule has 0 radical (unpaired) electrons. The van der Waals surface area contributed by atoms with Crippen LogP contribution < -0.4 is 0 Å². The summed E-state index contributed by atoms with van der Waals surface area (Å²) in [7, 11) is 1.75. The lowest BCUT2D eigenvalue weighted by Gasteiger charge is -2.17. The van der Waals surface area contributed by atoms with Gasteiger partial charge >= 0.3 is 0 Å². The van der Waals surface area contributed by atoms with Gasteiger partial charge in [-0.25, -0.2) is 4.98 Å². The van der Waals surface area contributed by atoms with E-state index in [0.29, 0.717) is 17.9 Å². The maximum Gasteiger partial charge on any atom is 0.254 e. The first-order valence-electron chi connectivity index (χ1n) is 8.59. The van der Waals surface area contributed by atoms with E-state index in [0.717, 1.165) is 27.9 Å². The number of benzene rings is 1. The fourth-order valence-electron chi connectivity index (χ4n) is 3.02.